The summed E-state index contributed by atoms with van der Waals surface area (Å²) in [5.74, 6) is 0.569. The molecular weight excluding hydrogens is 730 g/mol. The lowest BCUT2D eigenvalue weighted by molar-refractivity contribution is 0.0519. The quantitative estimate of drug-likeness (QED) is 0.0608. The van der Waals surface area contributed by atoms with Gasteiger partial charge < -0.3 is 29.4 Å². The normalized spacial score (nSPS) is 13.5. The fourth-order valence-electron chi connectivity index (χ4n) is 6.10. The zero-order valence-corrected chi connectivity index (χ0v) is 33.7. The number of hydrogen-bond acceptors (Lipinski definition) is 12. The fourth-order valence-corrected chi connectivity index (χ4v) is 9.03. The Bertz CT molecular complexity index is 2130. The van der Waals surface area contributed by atoms with E-state index in [2.05, 4.69) is 54.4 Å². The summed E-state index contributed by atoms with van der Waals surface area (Å²) in [7, 11) is -1.17. The maximum absolute atomic E-state index is 14.4. The Morgan fingerprint density at radius 3 is 2.70 bits per heavy atom. The molecule has 0 amide bonds. The first-order valence-corrected chi connectivity index (χ1v) is 23.5. The molecule has 6 rings (SSSR count). The summed E-state index contributed by atoms with van der Waals surface area (Å²) >= 11 is 3.07. The van der Waals surface area contributed by atoms with E-state index in [9.17, 15) is 9.18 Å². The number of carbonyl (C=O) groups is 1. The first-order chi connectivity index (χ1) is 25.6. The molecule has 5 aromatic rings. The number of thiazole rings is 2. The van der Waals surface area contributed by atoms with Crippen LogP contribution in [0.15, 0.2) is 47.5 Å². The van der Waals surface area contributed by atoms with Gasteiger partial charge in [-0.05, 0) is 75.4 Å². The number of nitrogens with zero attached hydrogens (tertiary/aromatic N) is 6. The highest BCUT2D eigenvalue weighted by Gasteiger charge is 2.29. The van der Waals surface area contributed by atoms with Crippen molar-refractivity contribution in [2.45, 2.75) is 78.3 Å². The summed E-state index contributed by atoms with van der Waals surface area (Å²) in [6.45, 7) is 14.4. The largest absolute Gasteiger partial charge is 0.491 e. The number of fused-ring (bicyclic) bond motifs is 2. The van der Waals surface area contributed by atoms with Gasteiger partial charge in [0.2, 0.25) is 0 Å². The second-order valence-electron chi connectivity index (χ2n) is 14.2. The zero-order chi connectivity index (χ0) is 37.5. The van der Waals surface area contributed by atoms with Crippen LogP contribution in [0.1, 0.15) is 51.8 Å². The number of anilines is 2. The lowest BCUT2D eigenvalue weighted by Gasteiger charge is -2.28. The van der Waals surface area contributed by atoms with Gasteiger partial charge in [-0.25, -0.2) is 14.2 Å². The first-order valence-electron chi connectivity index (χ1n) is 18.2. The van der Waals surface area contributed by atoms with Crippen molar-refractivity contribution < 1.29 is 23.4 Å². The molecule has 3 aromatic heterocycles. The van der Waals surface area contributed by atoms with Crippen LogP contribution < -0.4 is 20.2 Å². The van der Waals surface area contributed by atoms with Gasteiger partial charge >= 0.3 is 5.97 Å². The minimum atomic E-state index is -1.17. The molecule has 0 spiro atoms. The van der Waals surface area contributed by atoms with Gasteiger partial charge in [0.05, 0.1) is 30.0 Å². The molecule has 0 atom stereocenters. The summed E-state index contributed by atoms with van der Waals surface area (Å²) in [5.41, 5.74) is 9.76. The van der Waals surface area contributed by atoms with E-state index < -0.39 is 19.9 Å². The van der Waals surface area contributed by atoms with Crippen molar-refractivity contribution in [2.24, 2.45) is 10.7 Å². The van der Waals surface area contributed by atoms with E-state index >= 15 is 0 Å². The molecule has 4 heterocycles. The summed E-state index contributed by atoms with van der Waals surface area (Å²) in [5, 5.41) is 10.0. The van der Waals surface area contributed by atoms with E-state index in [0.29, 0.717) is 49.1 Å². The Balaban J connectivity index is 1.23. The molecule has 0 saturated heterocycles. The Hall–Kier alpha value is -4.02. The second-order valence-corrected chi connectivity index (χ2v) is 21.8. The van der Waals surface area contributed by atoms with E-state index in [0.717, 1.165) is 62.3 Å². The van der Waals surface area contributed by atoms with E-state index in [1.54, 1.807) is 30.4 Å². The van der Waals surface area contributed by atoms with Gasteiger partial charge in [0.25, 0.3) is 0 Å². The monoisotopic (exact) mass is 777 g/mol. The molecule has 0 radical (unpaired) electrons. The maximum atomic E-state index is 14.4. The predicted molar refractivity (Wildman–Crippen MR) is 212 cm³/mol. The number of carbonyl (C=O) groups excluding carboxylic acids is 1. The molecule has 1 aliphatic rings. The highest BCUT2D eigenvalue weighted by atomic mass is 32.1. The Morgan fingerprint density at radius 2 is 1.92 bits per heavy atom. The lowest BCUT2D eigenvalue weighted by Crippen LogP contribution is -2.27. The molecule has 15 heteroatoms. The van der Waals surface area contributed by atoms with Crippen LogP contribution >= 0.6 is 22.7 Å². The van der Waals surface area contributed by atoms with Gasteiger partial charge in [-0.2, -0.15) is 4.99 Å². The molecule has 282 valence electrons. The van der Waals surface area contributed by atoms with Crippen LogP contribution in [0.2, 0.25) is 25.7 Å². The van der Waals surface area contributed by atoms with Gasteiger partial charge in [-0.3, -0.25) is 0 Å². The van der Waals surface area contributed by atoms with Crippen LogP contribution in [-0.4, -0.2) is 66.8 Å². The number of aryl methyl sites for hydroxylation is 1. The van der Waals surface area contributed by atoms with E-state index in [1.807, 2.05) is 11.0 Å². The standard InChI is InChI=1S/C38H48FN7O4S2Si/c1-6-49-36(47)33-32(14-10-19-50-30-16-15-26(24-40)23-28(30)39)52-37(41-33)46-17-9-11-27-25(2)34(43-44-35(27)46)42-38-45(18-20-48-21-22-53(3,4)5)29-12-7-8-13-31(29)51-38/h7-8,12-13,15-16,23H,6,9-11,14,17-22,24,40H2,1-5H3. The zero-order valence-electron chi connectivity index (χ0n) is 31.1. The van der Waals surface area contributed by atoms with Crippen molar-refractivity contribution in [3.63, 3.8) is 0 Å². The number of para-hydroxylation sites is 1. The summed E-state index contributed by atoms with van der Waals surface area (Å²) in [4.78, 5) is 26.6. The molecule has 11 nitrogen and oxygen atoms in total. The number of rotatable bonds is 16. The van der Waals surface area contributed by atoms with E-state index in [4.69, 9.17) is 35.0 Å². The third kappa shape index (κ3) is 9.38. The van der Waals surface area contributed by atoms with E-state index in [1.165, 1.54) is 17.4 Å². The summed E-state index contributed by atoms with van der Waals surface area (Å²) in [6.07, 6.45) is 2.77. The Labute approximate surface area is 318 Å². The van der Waals surface area contributed by atoms with Crippen LogP contribution in [0.3, 0.4) is 0 Å². The van der Waals surface area contributed by atoms with Crippen LogP contribution in [-0.2, 0) is 35.4 Å². The van der Waals surface area contributed by atoms with Crippen LogP contribution in [0.4, 0.5) is 21.2 Å². The topological polar surface area (TPSA) is 130 Å². The molecule has 53 heavy (non-hydrogen) atoms. The highest BCUT2D eigenvalue weighted by Crippen LogP contribution is 2.39. The molecule has 0 fully saturated rings. The highest BCUT2D eigenvalue weighted by molar-refractivity contribution is 7.16. The van der Waals surface area contributed by atoms with Crippen molar-refractivity contribution in [1.29, 1.82) is 0 Å². The van der Waals surface area contributed by atoms with Crippen molar-refractivity contribution in [1.82, 2.24) is 19.7 Å². The van der Waals surface area contributed by atoms with Crippen molar-refractivity contribution in [3.05, 3.63) is 80.3 Å². The molecule has 0 unspecified atom stereocenters. The van der Waals surface area contributed by atoms with Crippen molar-refractivity contribution >= 4 is 63.7 Å². The SMILES string of the molecule is CCOC(=O)c1nc(N2CCCc3c2nnc(N=c2sc4ccccc4n2CCOCC[Si](C)(C)C)c3C)sc1CCCOc1ccc(CN)cc1F. The minimum Gasteiger partial charge on any atom is -0.491 e. The minimum absolute atomic E-state index is 0.173. The van der Waals surface area contributed by atoms with Crippen LogP contribution in [0.5, 0.6) is 5.75 Å². The van der Waals surface area contributed by atoms with Gasteiger partial charge in [-0.1, -0.05) is 49.2 Å². The van der Waals surface area contributed by atoms with Gasteiger partial charge in [0.1, 0.15) is 0 Å². The number of aromatic nitrogens is 4. The maximum Gasteiger partial charge on any atom is 0.358 e. The van der Waals surface area contributed by atoms with Crippen molar-refractivity contribution in [2.75, 3.05) is 37.9 Å². The average Bonchev–Trinajstić information content (AvgIpc) is 3.72. The smallest absolute Gasteiger partial charge is 0.358 e. The fraction of sp³-hybridized carbons (Fsp3) is 0.447. The molecule has 2 aromatic carbocycles. The summed E-state index contributed by atoms with van der Waals surface area (Å²) in [6, 6.07) is 14.2. The summed E-state index contributed by atoms with van der Waals surface area (Å²) < 4.78 is 34.9. The number of benzene rings is 2. The Morgan fingerprint density at radius 1 is 1.09 bits per heavy atom. The molecule has 2 N–H and O–H groups in total. The second kappa shape index (κ2) is 17.4. The number of nitrogens with two attached hydrogens (primary N) is 1. The number of ether oxygens (including phenoxy) is 3. The van der Waals surface area contributed by atoms with Gasteiger partial charge in [-0.15, -0.1) is 21.5 Å². The third-order valence-electron chi connectivity index (χ3n) is 9.03. The third-order valence-corrected chi connectivity index (χ3v) is 12.9. The number of hydrogen-bond donors (Lipinski definition) is 1. The average molecular weight is 778 g/mol. The number of halogens is 1. The lowest BCUT2D eigenvalue weighted by atomic mass is 10.0. The molecule has 0 aliphatic carbocycles. The molecular formula is C38H48FN7O4S2Si. The van der Waals surface area contributed by atoms with Gasteiger partial charge in [0.15, 0.2) is 38.8 Å². The van der Waals surface area contributed by atoms with Crippen LogP contribution in [0.25, 0.3) is 10.2 Å². The first kappa shape index (κ1) is 38.7. The van der Waals surface area contributed by atoms with E-state index in [-0.39, 0.29) is 31.2 Å². The Kier molecular flexibility index (Phi) is 12.7. The molecule has 0 bridgehead atoms. The molecule has 1 aliphatic heterocycles. The van der Waals surface area contributed by atoms with Crippen molar-refractivity contribution in [3.8, 4) is 5.75 Å². The number of esters is 1. The van der Waals surface area contributed by atoms with Gasteiger partial charge in [0, 0.05) is 50.3 Å². The van der Waals surface area contributed by atoms with Crippen LogP contribution in [0, 0.1) is 12.7 Å². The molecule has 0 saturated carbocycles. The predicted octanol–water partition coefficient (Wildman–Crippen LogP) is 7.72.